The Morgan fingerprint density at radius 3 is 2.10 bits per heavy atom. The van der Waals surface area contributed by atoms with Crippen LogP contribution in [0.1, 0.15) is 0 Å². The molecule has 1 amide bonds. The standard InChI is InChI=1S/C26H28ClN3O8S2/c1-36-24-12-11-23(17-25(24)37-2)40(34,35)30(21-7-3-19(27)4-8-21)18-26(31)28-20-5-9-22(10-6-20)39(32,33)29-13-15-38-16-14-29/h3-12,17H,13-16,18H2,1-2H3,(H,28,31). The first kappa shape index (κ1) is 29.6. The molecular formula is C26H28ClN3O8S2. The Hall–Kier alpha value is -3.36. The van der Waals surface area contributed by atoms with E-state index in [1.165, 1.54) is 85.3 Å². The molecule has 3 aromatic carbocycles. The van der Waals surface area contributed by atoms with Crippen molar-refractivity contribution in [2.45, 2.75) is 9.79 Å². The molecule has 0 spiro atoms. The van der Waals surface area contributed by atoms with Gasteiger partial charge < -0.3 is 19.5 Å². The van der Waals surface area contributed by atoms with Crippen LogP contribution < -0.4 is 19.1 Å². The molecule has 0 saturated carbocycles. The van der Waals surface area contributed by atoms with E-state index >= 15 is 0 Å². The van der Waals surface area contributed by atoms with Crippen LogP contribution in [0.15, 0.2) is 76.5 Å². The minimum absolute atomic E-state index is 0.0752. The van der Waals surface area contributed by atoms with Crippen LogP contribution in [-0.2, 0) is 29.6 Å². The fourth-order valence-corrected chi connectivity index (χ4v) is 6.97. The maximum atomic E-state index is 13.7. The molecule has 1 N–H and O–H groups in total. The van der Waals surface area contributed by atoms with E-state index < -0.39 is 32.5 Å². The number of morpholine rings is 1. The predicted octanol–water partition coefficient (Wildman–Crippen LogP) is 3.21. The number of ether oxygens (including phenoxy) is 3. The van der Waals surface area contributed by atoms with Crippen LogP contribution in [0.2, 0.25) is 5.02 Å². The molecule has 0 aromatic heterocycles. The third-order valence-corrected chi connectivity index (χ3v) is 10.0. The molecule has 0 radical (unpaired) electrons. The van der Waals surface area contributed by atoms with Crippen LogP contribution in [-0.4, -0.2) is 74.1 Å². The summed E-state index contributed by atoms with van der Waals surface area (Å²) in [4.78, 5) is 13.0. The van der Waals surface area contributed by atoms with Gasteiger partial charge in [-0.05, 0) is 60.7 Å². The topological polar surface area (TPSA) is 132 Å². The molecule has 0 bridgehead atoms. The first-order valence-electron chi connectivity index (χ1n) is 12.0. The Kier molecular flexibility index (Phi) is 9.21. The summed E-state index contributed by atoms with van der Waals surface area (Å²) in [6.45, 7) is 0.589. The highest BCUT2D eigenvalue weighted by Crippen LogP contribution is 2.32. The van der Waals surface area contributed by atoms with E-state index in [0.29, 0.717) is 29.7 Å². The lowest BCUT2D eigenvalue weighted by Crippen LogP contribution is -2.40. The molecule has 1 aliphatic heterocycles. The van der Waals surface area contributed by atoms with Crippen molar-refractivity contribution < 1.29 is 35.8 Å². The van der Waals surface area contributed by atoms with Gasteiger partial charge in [0.2, 0.25) is 15.9 Å². The van der Waals surface area contributed by atoms with Gasteiger partial charge in [-0.15, -0.1) is 0 Å². The number of nitrogens with one attached hydrogen (secondary N) is 1. The Morgan fingerprint density at radius 2 is 1.50 bits per heavy atom. The summed E-state index contributed by atoms with van der Waals surface area (Å²) in [5.41, 5.74) is 0.506. The van der Waals surface area contributed by atoms with Gasteiger partial charge >= 0.3 is 0 Å². The highest BCUT2D eigenvalue weighted by Gasteiger charge is 2.29. The lowest BCUT2D eigenvalue weighted by Gasteiger charge is -2.26. The first-order valence-corrected chi connectivity index (χ1v) is 15.3. The number of carbonyl (C=O) groups excluding carboxylic acids is 1. The molecule has 0 aliphatic carbocycles. The van der Waals surface area contributed by atoms with Gasteiger partial charge in [-0.2, -0.15) is 4.31 Å². The Balaban J connectivity index is 1.57. The summed E-state index contributed by atoms with van der Waals surface area (Å²) in [6.07, 6.45) is 0. The number of sulfonamides is 2. The molecule has 3 aromatic rings. The molecule has 40 heavy (non-hydrogen) atoms. The molecule has 214 valence electrons. The van der Waals surface area contributed by atoms with Crippen molar-refractivity contribution in [3.63, 3.8) is 0 Å². The fourth-order valence-electron chi connectivity index (χ4n) is 4.00. The number of methoxy groups -OCH3 is 2. The van der Waals surface area contributed by atoms with Crippen molar-refractivity contribution in [2.24, 2.45) is 0 Å². The number of amides is 1. The van der Waals surface area contributed by atoms with Gasteiger partial charge in [-0.25, -0.2) is 16.8 Å². The smallest absolute Gasteiger partial charge is 0.264 e. The summed E-state index contributed by atoms with van der Waals surface area (Å²) in [5.74, 6) is -0.102. The molecule has 1 fully saturated rings. The fraction of sp³-hybridized carbons (Fsp3) is 0.269. The minimum atomic E-state index is -4.25. The van der Waals surface area contributed by atoms with Crippen molar-refractivity contribution in [3.8, 4) is 11.5 Å². The highest BCUT2D eigenvalue weighted by atomic mass is 35.5. The Labute approximate surface area is 238 Å². The lowest BCUT2D eigenvalue weighted by atomic mass is 10.3. The van der Waals surface area contributed by atoms with E-state index in [0.717, 1.165) is 4.31 Å². The van der Waals surface area contributed by atoms with Crippen molar-refractivity contribution in [3.05, 3.63) is 71.8 Å². The van der Waals surface area contributed by atoms with Crippen LogP contribution in [0.25, 0.3) is 0 Å². The van der Waals surface area contributed by atoms with Crippen molar-refractivity contribution in [1.82, 2.24) is 4.31 Å². The summed E-state index contributed by atoms with van der Waals surface area (Å²) in [5, 5.41) is 3.02. The summed E-state index contributed by atoms with van der Waals surface area (Å²) < 4.78 is 71.1. The second-order valence-electron chi connectivity index (χ2n) is 8.59. The van der Waals surface area contributed by atoms with Crippen LogP contribution >= 0.6 is 11.6 Å². The normalized spacial score (nSPS) is 14.4. The number of anilines is 2. The van der Waals surface area contributed by atoms with Gasteiger partial charge in [0.1, 0.15) is 6.54 Å². The maximum absolute atomic E-state index is 13.7. The largest absolute Gasteiger partial charge is 0.493 e. The van der Waals surface area contributed by atoms with Gasteiger partial charge in [-0.3, -0.25) is 9.10 Å². The van der Waals surface area contributed by atoms with Crippen molar-refractivity contribution in [2.75, 3.05) is 56.7 Å². The highest BCUT2D eigenvalue weighted by molar-refractivity contribution is 7.92. The van der Waals surface area contributed by atoms with Gasteiger partial charge in [0.05, 0.1) is 42.9 Å². The molecular weight excluding hydrogens is 582 g/mol. The second-order valence-corrected chi connectivity index (χ2v) is 12.8. The minimum Gasteiger partial charge on any atom is -0.493 e. The average molecular weight is 610 g/mol. The van der Waals surface area contributed by atoms with Crippen LogP contribution in [0, 0.1) is 0 Å². The number of carbonyl (C=O) groups is 1. The SMILES string of the molecule is COc1ccc(S(=O)(=O)N(CC(=O)Nc2ccc(S(=O)(=O)N3CCOCC3)cc2)c2ccc(Cl)cc2)cc1OC. The molecule has 0 unspecified atom stereocenters. The third-order valence-electron chi connectivity index (χ3n) is 6.09. The monoisotopic (exact) mass is 609 g/mol. The van der Waals surface area contributed by atoms with E-state index in [-0.39, 0.29) is 34.3 Å². The number of nitrogens with zero attached hydrogens (tertiary/aromatic N) is 2. The van der Waals surface area contributed by atoms with E-state index in [9.17, 15) is 21.6 Å². The average Bonchev–Trinajstić information content (AvgIpc) is 2.96. The number of halogens is 1. The lowest BCUT2D eigenvalue weighted by molar-refractivity contribution is -0.114. The zero-order chi connectivity index (χ0) is 28.9. The van der Waals surface area contributed by atoms with E-state index in [1.807, 2.05) is 0 Å². The molecule has 0 atom stereocenters. The second kappa shape index (κ2) is 12.4. The number of hydrogen-bond donors (Lipinski definition) is 1. The Morgan fingerprint density at radius 1 is 0.900 bits per heavy atom. The zero-order valence-electron chi connectivity index (χ0n) is 21.7. The first-order chi connectivity index (χ1) is 19.1. The van der Waals surface area contributed by atoms with E-state index in [1.54, 1.807) is 0 Å². The van der Waals surface area contributed by atoms with Crippen molar-refractivity contribution in [1.29, 1.82) is 0 Å². The maximum Gasteiger partial charge on any atom is 0.264 e. The number of benzene rings is 3. The van der Waals surface area contributed by atoms with Gasteiger partial charge in [0.15, 0.2) is 11.5 Å². The molecule has 4 rings (SSSR count). The number of hydrogen-bond acceptors (Lipinski definition) is 8. The molecule has 14 heteroatoms. The Bertz CT molecular complexity index is 1560. The quantitative estimate of drug-likeness (QED) is 0.371. The van der Waals surface area contributed by atoms with Crippen molar-refractivity contribution >= 4 is 48.9 Å². The summed E-state index contributed by atoms with van der Waals surface area (Å²) in [7, 11) is -5.14. The molecule has 1 aliphatic rings. The number of rotatable bonds is 10. The third kappa shape index (κ3) is 6.50. The predicted molar refractivity (Wildman–Crippen MR) is 150 cm³/mol. The van der Waals surface area contributed by atoms with E-state index in [4.69, 9.17) is 25.8 Å². The van der Waals surface area contributed by atoms with Crippen LogP contribution in [0.3, 0.4) is 0 Å². The molecule has 1 heterocycles. The van der Waals surface area contributed by atoms with Gasteiger partial charge in [0.25, 0.3) is 10.0 Å². The summed E-state index contributed by atoms with van der Waals surface area (Å²) >= 11 is 6.00. The summed E-state index contributed by atoms with van der Waals surface area (Å²) in [6, 6.07) is 15.8. The molecule has 1 saturated heterocycles. The van der Waals surface area contributed by atoms with Gasteiger partial charge in [-0.1, -0.05) is 11.6 Å². The van der Waals surface area contributed by atoms with Gasteiger partial charge in [0, 0.05) is 29.9 Å². The molecule has 11 nitrogen and oxygen atoms in total. The zero-order valence-corrected chi connectivity index (χ0v) is 24.1. The van der Waals surface area contributed by atoms with Crippen LogP contribution in [0.5, 0.6) is 11.5 Å². The van der Waals surface area contributed by atoms with Crippen LogP contribution in [0.4, 0.5) is 11.4 Å². The van der Waals surface area contributed by atoms with E-state index in [2.05, 4.69) is 5.32 Å².